The molecule has 5 heteroatoms. The largest absolute Gasteiger partial charge is 0.508 e. The Morgan fingerprint density at radius 1 is 1.56 bits per heavy atom. The van der Waals surface area contributed by atoms with Crippen molar-refractivity contribution in [2.45, 2.75) is 6.10 Å². The van der Waals surface area contributed by atoms with Crippen molar-refractivity contribution in [3.63, 3.8) is 0 Å². The van der Waals surface area contributed by atoms with Gasteiger partial charge in [-0.05, 0) is 12.1 Å². The maximum atomic E-state index is 11.7. The molecule has 1 amide bonds. The van der Waals surface area contributed by atoms with E-state index in [0.717, 1.165) is 6.54 Å². The van der Waals surface area contributed by atoms with Gasteiger partial charge in [-0.2, -0.15) is 0 Å². The number of amides is 1. The zero-order valence-electron chi connectivity index (χ0n) is 8.77. The second kappa shape index (κ2) is 4.96. The molecule has 1 atom stereocenters. The quantitative estimate of drug-likeness (QED) is 0.674. The van der Waals surface area contributed by atoms with E-state index in [1.165, 1.54) is 6.07 Å². The minimum absolute atomic E-state index is 0.125. The van der Waals surface area contributed by atoms with Crippen LogP contribution in [0.3, 0.4) is 0 Å². The van der Waals surface area contributed by atoms with Gasteiger partial charge in [0, 0.05) is 24.8 Å². The number of benzene rings is 1. The zero-order chi connectivity index (χ0) is 11.4. The molecule has 3 N–H and O–H groups in total. The molecule has 0 bridgehead atoms. The van der Waals surface area contributed by atoms with Crippen molar-refractivity contribution in [1.82, 2.24) is 5.32 Å². The van der Waals surface area contributed by atoms with Crippen molar-refractivity contribution in [3.8, 4) is 5.75 Å². The van der Waals surface area contributed by atoms with Gasteiger partial charge in [0.05, 0.1) is 6.61 Å². The lowest BCUT2D eigenvalue weighted by atomic mass is 10.2. The van der Waals surface area contributed by atoms with E-state index in [1.807, 2.05) is 0 Å². The summed E-state index contributed by atoms with van der Waals surface area (Å²) in [7, 11) is 0. The summed E-state index contributed by atoms with van der Waals surface area (Å²) in [5, 5.41) is 15.0. The summed E-state index contributed by atoms with van der Waals surface area (Å²) >= 11 is 0. The van der Waals surface area contributed by atoms with Crippen LogP contribution in [0.15, 0.2) is 24.3 Å². The normalized spacial score (nSPS) is 20.4. The van der Waals surface area contributed by atoms with Crippen molar-refractivity contribution >= 4 is 11.6 Å². The summed E-state index contributed by atoms with van der Waals surface area (Å²) in [6, 6.07) is 6.43. The lowest BCUT2D eigenvalue weighted by molar-refractivity contribution is -0.128. The first kappa shape index (κ1) is 10.9. The Labute approximate surface area is 93.4 Å². The molecule has 5 nitrogen and oxygen atoms in total. The van der Waals surface area contributed by atoms with Crippen molar-refractivity contribution in [2.24, 2.45) is 0 Å². The predicted molar refractivity (Wildman–Crippen MR) is 59.3 cm³/mol. The van der Waals surface area contributed by atoms with Crippen LogP contribution >= 0.6 is 0 Å². The molecule has 0 saturated carbocycles. The minimum Gasteiger partial charge on any atom is -0.508 e. The Balaban J connectivity index is 1.96. The molecule has 1 aliphatic heterocycles. The summed E-state index contributed by atoms with van der Waals surface area (Å²) in [5.74, 6) is -0.0710. The van der Waals surface area contributed by atoms with Crippen LogP contribution in [-0.4, -0.2) is 36.8 Å². The number of nitrogens with one attached hydrogen (secondary N) is 2. The number of hydrogen-bond acceptors (Lipinski definition) is 4. The number of phenolic OH excluding ortho intramolecular Hbond substituents is 1. The van der Waals surface area contributed by atoms with Gasteiger partial charge in [-0.15, -0.1) is 0 Å². The molecule has 1 fully saturated rings. The smallest absolute Gasteiger partial charge is 0.254 e. The van der Waals surface area contributed by atoms with E-state index in [9.17, 15) is 9.90 Å². The first-order valence-electron chi connectivity index (χ1n) is 5.18. The van der Waals surface area contributed by atoms with Crippen molar-refractivity contribution in [1.29, 1.82) is 0 Å². The van der Waals surface area contributed by atoms with Crippen LogP contribution < -0.4 is 10.6 Å². The third kappa shape index (κ3) is 2.71. The first-order chi connectivity index (χ1) is 7.75. The second-order valence-electron chi connectivity index (χ2n) is 3.60. The van der Waals surface area contributed by atoms with Crippen molar-refractivity contribution < 1.29 is 14.6 Å². The molecule has 0 spiro atoms. The highest BCUT2D eigenvalue weighted by atomic mass is 16.5. The van der Waals surface area contributed by atoms with Crippen LogP contribution in [-0.2, 0) is 9.53 Å². The fourth-order valence-corrected chi connectivity index (χ4v) is 1.54. The van der Waals surface area contributed by atoms with Gasteiger partial charge in [0.2, 0.25) is 0 Å². The van der Waals surface area contributed by atoms with Gasteiger partial charge >= 0.3 is 0 Å². The van der Waals surface area contributed by atoms with E-state index in [4.69, 9.17) is 4.74 Å². The van der Waals surface area contributed by atoms with Gasteiger partial charge in [-0.25, -0.2) is 0 Å². The van der Waals surface area contributed by atoms with Crippen LogP contribution in [0.5, 0.6) is 5.75 Å². The van der Waals surface area contributed by atoms with E-state index in [2.05, 4.69) is 10.6 Å². The standard InChI is InChI=1S/C11H14N2O3/c14-9-3-1-2-8(6-9)13-11(15)10-7-12-4-5-16-10/h1-3,6,10,12,14H,4-5,7H2,(H,13,15). The van der Waals surface area contributed by atoms with E-state index in [0.29, 0.717) is 18.8 Å². The lowest BCUT2D eigenvalue weighted by Gasteiger charge is -2.22. The summed E-state index contributed by atoms with van der Waals surface area (Å²) in [6.45, 7) is 1.83. The average Bonchev–Trinajstić information content (AvgIpc) is 2.30. The predicted octanol–water partition coefficient (Wildman–Crippen LogP) is 0.319. The molecular weight excluding hydrogens is 208 g/mol. The van der Waals surface area contributed by atoms with Gasteiger partial charge in [0.1, 0.15) is 11.9 Å². The fraction of sp³-hybridized carbons (Fsp3) is 0.364. The lowest BCUT2D eigenvalue weighted by Crippen LogP contribution is -2.45. The number of hydrogen-bond donors (Lipinski definition) is 3. The zero-order valence-corrected chi connectivity index (χ0v) is 8.77. The van der Waals surface area contributed by atoms with E-state index < -0.39 is 6.10 Å². The molecular formula is C11H14N2O3. The summed E-state index contributed by atoms with van der Waals surface area (Å²) < 4.78 is 5.31. The molecule has 1 aromatic carbocycles. The highest BCUT2D eigenvalue weighted by Crippen LogP contribution is 2.15. The van der Waals surface area contributed by atoms with Crippen LogP contribution in [0.1, 0.15) is 0 Å². The van der Waals surface area contributed by atoms with Crippen LogP contribution in [0.2, 0.25) is 0 Å². The number of rotatable bonds is 2. The van der Waals surface area contributed by atoms with Gasteiger partial charge in [0.15, 0.2) is 0 Å². The Bertz CT molecular complexity index is 375. The number of morpholine rings is 1. The Kier molecular flexibility index (Phi) is 3.38. The molecule has 1 aliphatic rings. The van der Waals surface area contributed by atoms with E-state index in [-0.39, 0.29) is 11.7 Å². The summed E-state index contributed by atoms with van der Waals surface area (Å²) in [4.78, 5) is 11.7. The highest BCUT2D eigenvalue weighted by molar-refractivity contribution is 5.94. The number of aromatic hydroxyl groups is 1. The van der Waals surface area contributed by atoms with E-state index >= 15 is 0 Å². The Morgan fingerprint density at radius 2 is 2.44 bits per heavy atom. The molecule has 1 unspecified atom stereocenters. The topological polar surface area (TPSA) is 70.6 Å². The molecule has 0 aliphatic carbocycles. The number of ether oxygens (including phenoxy) is 1. The maximum absolute atomic E-state index is 11.7. The van der Waals surface area contributed by atoms with Crippen molar-refractivity contribution in [2.75, 3.05) is 25.0 Å². The number of carbonyl (C=O) groups excluding carboxylic acids is 1. The molecule has 0 radical (unpaired) electrons. The maximum Gasteiger partial charge on any atom is 0.254 e. The SMILES string of the molecule is O=C(Nc1cccc(O)c1)C1CNCCO1. The molecule has 1 heterocycles. The van der Waals surface area contributed by atoms with Crippen LogP contribution in [0.25, 0.3) is 0 Å². The molecule has 1 saturated heterocycles. The average molecular weight is 222 g/mol. The van der Waals surface area contributed by atoms with Gasteiger partial charge in [0.25, 0.3) is 5.91 Å². The van der Waals surface area contributed by atoms with Crippen LogP contribution in [0.4, 0.5) is 5.69 Å². The van der Waals surface area contributed by atoms with Gasteiger partial charge in [-0.1, -0.05) is 6.07 Å². The minimum atomic E-state index is -0.462. The number of anilines is 1. The Morgan fingerprint density at radius 3 is 3.12 bits per heavy atom. The summed E-state index contributed by atoms with van der Waals surface area (Å²) in [5.41, 5.74) is 0.569. The second-order valence-corrected chi connectivity index (χ2v) is 3.60. The molecule has 2 rings (SSSR count). The highest BCUT2D eigenvalue weighted by Gasteiger charge is 2.21. The van der Waals surface area contributed by atoms with Crippen molar-refractivity contribution in [3.05, 3.63) is 24.3 Å². The molecule has 1 aromatic rings. The van der Waals surface area contributed by atoms with Gasteiger partial charge < -0.3 is 20.5 Å². The first-order valence-corrected chi connectivity index (χ1v) is 5.18. The number of phenols is 1. The fourth-order valence-electron chi connectivity index (χ4n) is 1.54. The molecule has 0 aromatic heterocycles. The van der Waals surface area contributed by atoms with Gasteiger partial charge in [-0.3, -0.25) is 4.79 Å². The molecule has 16 heavy (non-hydrogen) atoms. The third-order valence-corrected chi connectivity index (χ3v) is 2.33. The number of carbonyl (C=O) groups is 1. The molecule has 86 valence electrons. The third-order valence-electron chi connectivity index (χ3n) is 2.33. The monoisotopic (exact) mass is 222 g/mol. The Hall–Kier alpha value is -1.59. The van der Waals surface area contributed by atoms with E-state index in [1.54, 1.807) is 18.2 Å². The summed E-state index contributed by atoms with van der Waals surface area (Å²) in [6.07, 6.45) is -0.462. The van der Waals surface area contributed by atoms with Crippen LogP contribution in [0, 0.1) is 0 Å².